The normalized spacial score (nSPS) is 12.2. The Balaban J connectivity index is 2.45. The molecule has 1 aromatic rings. The fourth-order valence-corrected chi connectivity index (χ4v) is 2.66. The van der Waals surface area contributed by atoms with Gasteiger partial charge in [-0.05, 0) is 30.4 Å². The van der Waals surface area contributed by atoms with Crippen LogP contribution in [0.1, 0.15) is 23.8 Å². The number of hydrogen-bond donors (Lipinski definition) is 1. The van der Waals surface area contributed by atoms with Crippen LogP contribution < -0.4 is 0 Å². The van der Waals surface area contributed by atoms with Gasteiger partial charge >= 0.3 is 5.97 Å². The maximum Gasteiger partial charge on any atom is 0.304 e. The highest BCUT2D eigenvalue weighted by Gasteiger charge is 2.20. The van der Waals surface area contributed by atoms with Crippen molar-refractivity contribution < 1.29 is 14.7 Å². The number of likely N-dealkylation sites (N-methyl/N-ethyl adjacent to an activating group) is 1. The van der Waals surface area contributed by atoms with Crippen LogP contribution in [0.5, 0.6) is 0 Å². The zero-order valence-corrected chi connectivity index (χ0v) is 11.8. The van der Waals surface area contributed by atoms with Gasteiger partial charge in [0.2, 0.25) is 5.91 Å². The number of carbonyl (C=O) groups is 2. The summed E-state index contributed by atoms with van der Waals surface area (Å²) >= 11 is 1.69. The van der Waals surface area contributed by atoms with Gasteiger partial charge in [0.05, 0.1) is 6.42 Å². The number of aliphatic carboxylic acids is 1. The number of carboxylic acid groups (broad SMARTS) is 1. The molecule has 1 unspecified atom stereocenters. The molecule has 100 valence electrons. The van der Waals surface area contributed by atoms with Gasteiger partial charge in [-0.2, -0.15) is 0 Å². The highest BCUT2D eigenvalue weighted by Crippen LogP contribution is 2.16. The van der Waals surface area contributed by atoms with E-state index < -0.39 is 11.9 Å². The number of carboxylic acids is 1. The van der Waals surface area contributed by atoms with E-state index in [4.69, 9.17) is 5.11 Å². The Morgan fingerprint density at radius 2 is 2.17 bits per heavy atom. The second-order valence-corrected chi connectivity index (χ2v) is 5.54. The molecule has 5 heteroatoms. The highest BCUT2D eigenvalue weighted by atomic mass is 32.1. The molecule has 1 amide bonds. The Hall–Kier alpha value is -1.36. The number of aryl methyl sites for hydroxylation is 1. The van der Waals surface area contributed by atoms with E-state index in [0.717, 1.165) is 6.42 Å². The zero-order valence-electron chi connectivity index (χ0n) is 11.0. The second-order valence-electron chi connectivity index (χ2n) is 4.54. The summed E-state index contributed by atoms with van der Waals surface area (Å²) in [5, 5.41) is 10.7. The standard InChI is InChI=1S/C13H19NO3S/c1-9-5-7-18-11(9)4-6-14(3)13(17)10(2)8-12(15)16/h5,7,10H,4,6,8H2,1-3H3,(H,15,16). The van der Waals surface area contributed by atoms with Crippen molar-refractivity contribution in [2.24, 2.45) is 5.92 Å². The van der Waals surface area contributed by atoms with E-state index in [1.807, 2.05) is 5.38 Å². The third-order valence-corrected chi connectivity index (χ3v) is 4.00. The lowest BCUT2D eigenvalue weighted by molar-refractivity contribution is -0.143. The molecular weight excluding hydrogens is 250 g/mol. The van der Waals surface area contributed by atoms with Crippen LogP contribution in [0.25, 0.3) is 0 Å². The number of thiophene rings is 1. The monoisotopic (exact) mass is 269 g/mol. The lowest BCUT2D eigenvalue weighted by Crippen LogP contribution is -2.34. The molecule has 0 saturated carbocycles. The Bertz CT molecular complexity index is 428. The molecule has 1 aromatic heterocycles. The summed E-state index contributed by atoms with van der Waals surface area (Å²) < 4.78 is 0. The summed E-state index contributed by atoms with van der Waals surface area (Å²) in [6.07, 6.45) is 0.715. The summed E-state index contributed by atoms with van der Waals surface area (Å²) in [6, 6.07) is 2.06. The molecule has 0 aromatic carbocycles. The lowest BCUT2D eigenvalue weighted by atomic mass is 10.1. The molecule has 0 bridgehead atoms. The summed E-state index contributed by atoms with van der Waals surface area (Å²) in [7, 11) is 1.73. The van der Waals surface area contributed by atoms with E-state index in [0.29, 0.717) is 6.54 Å². The number of hydrogen-bond acceptors (Lipinski definition) is 3. The minimum atomic E-state index is -0.932. The molecule has 0 spiro atoms. The van der Waals surface area contributed by atoms with Crippen LogP contribution in [-0.4, -0.2) is 35.5 Å². The molecule has 1 N–H and O–H groups in total. The van der Waals surface area contributed by atoms with Crippen molar-refractivity contribution in [1.29, 1.82) is 0 Å². The zero-order chi connectivity index (χ0) is 13.7. The van der Waals surface area contributed by atoms with Crippen molar-refractivity contribution in [2.75, 3.05) is 13.6 Å². The molecule has 1 heterocycles. The SMILES string of the molecule is Cc1ccsc1CCN(C)C(=O)C(C)CC(=O)O. The Morgan fingerprint density at radius 3 is 2.67 bits per heavy atom. The number of amides is 1. The topological polar surface area (TPSA) is 57.6 Å². The molecule has 18 heavy (non-hydrogen) atoms. The fourth-order valence-electron chi connectivity index (χ4n) is 1.77. The van der Waals surface area contributed by atoms with Crippen LogP contribution in [-0.2, 0) is 16.0 Å². The third kappa shape index (κ3) is 4.14. The van der Waals surface area contributed by atoms with Crippen molar-refractivity contribution in [2.45, 2.75) is 26.7 Å². The van der Waals surface area contributed by atoms with E-state index in [1.54, 1.807) is 30.2 Å². The molecular formula is C13H19NO3S. The van der Waals surface area contributed by atoms with Crippen molar-refractivity contribution in [3.8, 4) is 0 Å². The van der Waals surface area contributed by atoms with E-state index in [9.17, 15) is 9.59 Å². The molecule has 1 rings (SSSR count). The minimum absolute atomic E-state index is 0.105. The van der Waals surface area contributed by atoms with Gasteiger partial charge in [-0.15, -0.1) is 11.3 Å². The summed E-state index contributed by atoms with van der Waals surface area (Å²) in [5.41, 5.74) is 1.25. The Morgan fingerprint density at radius 1 is 1.50 bits per heavy atom. The van der Waals surface area contributed by atoms with Crippen LogP contribution in [0.3, 0.4) is 0 Å². The first-order valence-electron chi connectivity index (χ1n) is 5.91. The van der Waals surface area contributed by atoms with Gasteiger partial charge in [0, 0.05) is 24.4 Å². The van der Waals surface area contributed by atoms with E-state index in [2.05, 4.69) is 13.0 Å². The summed E-state index contributed by atoms with van der Waals surface area (Å²) in [4.78, 5) is 25.3. The quantitative estimate of drug-likeness (QED) is 0.861. The maximum absolute atomic E-state index is 11.9. The number of rotatable bonds is 6. The van der Waals surface area contributed by atoms with E-state index in [-0.39, 0.29) is 12.3 Å². The van der Waals surface area contributed by atoms with Crippen LogP contribution in [0.2, 0.25) is 0 Å². The van der Waals surface area contributed by atoms with Gasteiger partial charge in [0.1, 0.15) is 0 Å². The predicted molar refractivity (Wildman–Crippen MR) is 71.8 cm³/mol. The van der Waals surface area contributed by atoms with E-state index >= 15 is 0 Å². The van der Waals surface area contributed by atoms with Crippen molar-refractivity contribution in [3.63, 3.8) is 0 Å². The average Bonchev–Trinajstić information content (AvgIpc) is 2.69. The predicted octanol–water partition coefficient (Wildman–Crippen LogP) is 2.17. The molecule has 0 saturated heterocycles. The molecule has 0 fully saturated rings. The van der Waals surface area contributed by atoms with Crippen LogP contribution >= 0.6 is 11.3 Å². The van der Waals surface area contributed by atoms with E-state index in [1.165, 1.54) is 10.4 Å². The second kappa shape index (κ2) is 6.54. The van der Waals surface area contributed by atoms with Gasteiger partial charge < -0.3 is 10.0 Å². The maximum atomic E-state index is 11.9. The van der Waals surface area contributed by atoms with Crippen LogP contribution in [0.15, 0.2) is 11.4 Å². The van der Waals surface area contributed by atoms with Gasteiger partial charge in [-0.1, -0.05) is 6.92 Å². The van der Waals surface area contributed by atoms with Crippen LogP contribution in [0.4, 0.5) is 0 Å². The van der Waals surface area contributed by atoms with Gasteiger partial charge in [-0.25, -0.2) is 0 Å². The number of carbonyl (C=O) groups excluding carboxylic acids is 1. The van der Waals surface area contributed by atoms with Crippen molar-refractivity contribution in [3.05, 3.63) is 21.9 Å². The molecule has 1 atom stereocenters. The average molecular weight is 269 g/mol. The summed E-state index contributed by atoms with van der Waals surface area (Å²) in [6.45, 7) is 4.34. The van der Waals surface area contributed by atoms with Crippen LogP contribution in [0, 0.1) is 12.8 Å². The van der Waals surface area contributed by atoms with Gasteiger partial charge in [0.25, 0.3) is 0 Å². The largest absolute Gasteiger partial charge is 0.481 e. The Labute approximate surface area is 111 Å². The summed E-state index contributed by atoms with van der Waals surface area (Å²) in [5.74, 6) is -1.50. The highest BCUT2D eigenvalue weighted by molar-refractivity contribution is 7.10. The molecule has 4 nitrogen and oxygen atoms in total. The molecule has 0 aliphatic carbocycles. The van der Waals surface area contributed by atoms with Gasteiger partial charge in [0.15, 0.2) is 0 Å². The first kappa shape index (κ1) is 14.7. The molecule has 0 radical (unpaired) electrons. The third-order valence-electron chi connectivity index (χ3n) is 2.92. The fraction of sp³-hybridized carbons (Fsp3) is 0.538. The molecule has 0 aliphatic heterocycles. The van der Waals surface area contributed by atoms with Crippen molar-refractivity contribution in [1.82, 2.24) is 4.90 Å². The number of nitrogens with zero attached hydrogens (tertiary/aromatic N) is 1. The lowest BCUT2D eigenvalue weighted by Gasteiger charge is -2.20. The van der Waals surface area contributed by atoms with Crippen molar-refractivity contribution >= 4 is 23.2 Å². The first-order chi connectivity index (χ1) is 8.41. The first-order valence-corrected chi connectivity index (χ1v) is 6.79. The van der Waals surface area contributed by atoms with Gasteiger partial charge in [-0.3, -0.25) is 9.59 Å². The smallest absolute Gasteiger partial charge is 0.304 e. The molecule has 0 aliphatic rings. The minimum Gasteiger partial charge on any atom is -0.481 e. The Kier molecular flexibility index (Phi) is 5.34.